The van der Waals surface area contributed by atoms with Crippen molar-refractivity contribution in [1.82, 2.24) is 0 Å². The molecule has 0 spiro atoms. The fraction of sp³-hybridized carbons (Fsp3) is 0.0625. The molecule has 0 amide bonds. The highest BCUT2D eigenvalue weighted by molar-refractivity contribution is 6.45. The molecule has 0 saturated heterocycles. The first-order valence-electron chi connectivity index (χ1n) is 7.14. The van der Waals surface area contributed by atoms with Crippen LogP contribution in [0.2, 0.25) is 0 Å². The van der Waals surface area contributed by atoms with Gasteiger partial charge in [0.1, 0.15) is 17.6 Å². The van der Waals surface area contributed by atoms with Crippen molar-refractivity contribution in [3.63, 3.8) is 0 Å². The van der Waals surface area contributed by atoms with Crippen molar-refractivity contribution in [2.45, 2.75) is 6.18 Å². The first-order chi connectivity index (χ1) is 13.0. The number of nitrogens with zero attached hydrogens (tertiary/aromatic N) is 2. The lowest BCUT2D eigenvalue weighted by molar-refractivity contribution is -0.138. The minimum Gasteiger partial charge on any atom is -0.449 e. The molecule has 0 aliphatic rings. The van der Waals surface area contributed by atoms with Crippen LogP contribution >= 0.6 is 0 Å². The number of rotatable bonds is 5. The number of benzene rings is 2. The number of nitriles is 1. The predicted molar refractivity (Wildman–Crippen MR) is 86.4 cm³/mol. The van der Waals surface area contributed by atoms with E-state index in [0.29, 0.717) is 0 Å². The number of halogens is 6. The third kappa shape index (κ3) is 4.70. The Morgan fingerprint density at radius 1 is 1.14 bits per heavy atom. The Balaban J connectivity index is 2.43. The second kappa shape index (κ2) is 7.87. The van der Waals surface area contributed by atoms with Gasteiger partial charge in [-0.3, -0.25) is 10.8 Å². The summed E-state index contributed by atoms with van der Waals surface area (Å²) in [7, 11) is 0. The van der Waals surface area contributed by atoms with Gasteiger partial charge in [0.05, 0.1) is 5.56 Å². The molecule has 0 aliphatic heterocycles. The quantitative estimate of drug-likeness (QED) is 0.303. The van der Waals surface area contributed by atoms with Crippen molar-refractivity contribution in [3.05, 3.63) is 53.3 Å². The van der Waals surface area contributed by atoms with Gasteiger partial charge in [-0.05, 0) is 24.3 Å². The monoisotopic (exact) mass is 401 g/mol. The topological polar surface area (TPSA) is 107 Å². The van der Waals surface area contributed by atoms with Crippen molar-refractivity contribution >= 4 is 17.2 Å². The minimum atomic E-state index is -4.97. The van der Waals surface area contributed by atoms with Gasteiger partial charge in [0.25, 0.3) is 0 Å². The molecule has 0 bridgehead atoms. The van der Waals surface area contributed by atoms with Crippen molar-refractivity contribution in [2.24, 2.45) is 10.8 Å². The lowest BCUT2D eigenvalue weighted by Gasteiger charge is -2.14. The second-order valence-electron chi connectivity index (χ2n) is 5.11. The summed E-state index contributed by atoms with van der Waals surface area (Å²) in [6, 6.07) is 4.09. The van der Waals surface area contributed by atoms with Gasteiger partial charge in [0.2, 0.25) is 5.71 Å². The molecule has 146 valence electrons. The van der Waals surface area contributed by atoms with E-state index in [-0.39, 0.29) is 17.8 Å². The average molecular weight is 401 g/mol. The Morgan fingerprint density at radius 3 is 2.25 bits per heavy atom. The summed E-state index contributed by atoms with van der Waals surface area (Å²) < 4.78 is 84.0. The molecule has 0 radical (unpaired) electrons. The molecule has 0 aromatic heterocycles. The molecule has 0 fully saturated rings. The zero-order valence-corrected chi connectivity index (χ0v) is 13.5. The highest BCUT2D eigenvalue weighted by Gasteiger charge is 2.33. The number of hydrogen-bond donors (Lipinski definition) is 3. The van der Waals surface area contributed by atoms with E-state index in [0.717, 1.165) is 18.2 Å². The normalized spacial score (nSPS) is 11.7. The lowest BCUT2D eigenvalue weighted by Crippen LogP contribution is -2.21. The molecule has 28 heavy (non-hydrogen) atoms. The van der Waals surface area contributed by atoms with Gasteiger partial charge in [-0.15, -0.1) is 0 Å². The van der Waals surface area contributed by atoms with Crippen LogP contribution in [-0.4, -0.2) is 11.5 Å². The number of amidine groups is 1. The maximum Gasteiger partial charge on any atom is 0.416 e. The Kier molecular flexibility index (Phi) is 5.78. The molecule has 0 atom stereocenters. The number of hydrogen-bond acceptors (Lipinski definition) is 5. The van der Waals surface area contributed by atoms with Crippen molar-refractivity contribution in [3.8, 4) is 17.6 Å². The number of anilines is 1. The van der Waals surface area contributed by atoms with Crippen LogP contribution in [0.3, 0.4) is 0 Å². The molecule has 0 aliphatic carbocycles. The fourth-order valence-electron chi connectivity index (χ4n) is 1.87. The minimum absolute atomic E-state index is 0.0384. The zero-order valence-electron chi connectivity index (χ0n) is 13.5. The van der Waals surface area contributed by atoms with Crippen LogP contribution in [0.25, 0.3) is 0 Å². The smallest absolute Gasteiger partial charge is 0.416 e. The van der Waals surface area contributed by atoms with E-state index in [1.54, 1.807) is 0 Å². The summed E-state index contributed by atoms with van der Waals surface area (Å²) in [5.74, 6) is -6.43. The van der Waals surface area contributed by atoms with Gasteiger partial charge in [0.15, 0.2) is 29.0 Å². The Bertz CT molecular complexity index is 973. The lowest BCUT2D eigenvalue weighted by atomic mass is 10.2. The Morgan fingerprint density at radius 2 is 1.75 bits per heavy atom. The molecular formula is C16H9F6N5O. The highest BCUT2D eigenvalue weighted by Crippen LogP contribution is 2.37. The van der Waals surface area contributed by atoms with Gasteiger partial charge < -0.3 is 10.5 Å². The third-order valence-electron chi connectivity index (χ3n) is 3.13. The number of nitrogens with two attached hydrogens (primary N) is 1. The molecule has 2 aromatic rings. The summed E-state index contributed by atoms with van der Waals surface area (Å²) >= 11 is 0. The molecule has 0 heterocycles. The Labute approximate surface area is 153 Å². The van der Waals surface area contributed by atoms with Gasteiger partial charge >= 0.3 is 6.18 Å². The predicted octanol–water partition coefficient (Wildman–Crippen LogP) is 4.14. The highest BCUT2D eigenvalue weighted by atomic mass is 19.4. The fourth-order valence-corrected chi connectivity index (χ4v) is 1.87. The van der Waals surface area contributed by atoms with Crippen LogP contribution in [0.15, 0.2) is 35.4 Å². The van der Waals surface area contributed by atoms with Crippen LogP contribution in [0.4, 0.5) is 32.0 Å². The van der Waals surface area contributed by atoms with E-state index in [9.17, 15) is 26.3 Å². The van der Waals surface area contributed by atoms with E-state index >= 15 is 0 Å². The molecule has 0 unspecified atom stereocenters. The van der Waals surface area contributed by atoms with Crippen LogP contribution in [0.5, 0.6) is 11.5 Å². The van der Waals surface area contributed by atoms with Gasteiger partial charge in [-0.2, -0.15) is 23.5 Å². The maximum absolute atomic E-state index is 13.9. The first-order valence-corrected chi connectivity index (χ1v) is 7.14. The van der Waals surface area contributed by atoms with E-state index in [2.05, 4.69) is 10.5 Å². The molecular weight excluding hydrogens is 392 g/mol. The third-order valence-corrected chi connectivity index (χ3v) is 3.13. The Hall–Kier alpha value is -3.75. The molecule has 2 aromatic carbocycles. The van der Waals surface area contributed by atoms with E-state index < -0.39 is 52.2 Å². The average Bonchev–Trinajstić information content (AvgIpc) is 2.58. The van der Waals surface area contributed by atoms with Crippen LogP contribution < -0.4 is 15.9 Å². The van der Waals surface area contributed by atoms with Gasteiger partial charge in [0, 0.05) is 6.07 Å². The van der Waals surface area contributed by atoms with E-state index in [1.807, 2.05) is 0 Å². The molecule has 12 heteroatoms. The maximum atomic E-state index is 13.9. The summed E-state index contributed by atoms with van der Waals surface area (Å²) in [5.41, 5.74) is 4.74. The van der Waals surface area contributed by atoms with Crippen molar-refractivity contribution in [2.75, 3.05) is 5.43 Å². The van der Waals surface area contributed by atoms with Crippen LogP contribution in [0, 0.1) is 34.2 Å². The summed E-state index contributed by atoms with van der Waals surface area (Å²) in [5, 5.41) is 19.3. The summed E-state index contributed by atoms with van der Waals surface area (Å²) in [6.45, 7) is 0. The first kappa shape index (κ1) is 20.6. The van der Waals surface area contributed by atoms with E-state index in [1.165, 1.54) is 6.07 Å². The van der Waals surface area contributed by atoms with Crippen LogP contribution in [0.1, 0.15) is 5.56 Å². The zero-order chi connectivity index (χ0) is 21.1. The number of ether oxygens (including phenoxy) is 1. The van der Waals surface area contributed by atoms with Gasteiger partial charge in [-0.1, -0.05) is 0 Å². The standard InChI is InChI=1S/C16H9F6N5O/c17-8-1-2-13(11(5-8)26-27-12(6-23)15(24)25)28-14-9(18)3-7(4-10(14)19)16(20,21)22/h1-5,26H,(H3,24,25)/b27-12+. The molecule has 2 rings (SSSR count). The summed E-state index contributed by atoms with van der Waals surface area (Å²) in [4.78, 5) is 0. The SMILES string of the molecule is N#C/C(=N\Nc1cc(F)ccc1Oc1c(F)cc(C(F)(F)F)cc1F)C(=N)N. The van der Waals surface area contributed by atoms with E-state index in [4.69, 9.17) is 21.1 Å². The number of hydrazone groups is 1. The van der Waals surface area contributed by atoms with Crippen molar-refractivity contribution in [1.29, 1.82) is 10.7 Å². The number of alkyl halides is 3. The molecule has 0 saturated carbocycles. The van der Waals surface area contributed by atoms with Gasteiger partial charge in [-0.25, -0.2) is 13.2 Å². The molecule has 6 nitrogen and oxygen atoms in total. The number of nitrogens with one attached hydrogen (secondary N) is 2. The second-order valence-corrected chi connectivity index (χ2v) is 5.11. The van der Waals surface area contributed by atoms with Crippen molar-refractivity contribution < 1.29 is 31.1 Å². The molecule has 4 N–H and O–H groups in total. The van der Waals surface area contributed by atoms with Crippen LogP contribution in [-0.2, 0) is 6.18 Å². The largest absolute Gasteiger partial charge is 0.449 e. The summed E-state index contributed by atoms with van der Waals surface area (Å²) in [6.07, 6.45) is -4.97.